The van der Waals surface area contributed by atoms with Crippen LogP contribution in [-0.2, 0) is 6.54 Å². The minimum absolute atomic E-state index is 0.123. The zero-order valence-electron chi connectivity index (χ0n) is 12.5. The van der Waals surface area contributed by atoms with Gasteiger partial charge in [0.1, 0.15) is 17.3 Å². The fraction of sp³-hybridized carbons (Fsp3) is 0.294. The van der Waals surface area contributed by atoms with Crippen molar-refractivity contribution >= 4 is 0 Å². The summed E-state index contributed by atoms with van der Waals surface area (Å²) in [5, 5.41) is 3.40. The molecule has 112 valence electrons. The highest BCUT2D eigenvalue weighted by Crippen LogP contribution is 2.25. The molecule has 0 aromatic heterocycles. The van der Waals surface area contributed by atoms with Crippen LogP contribution in [-0.4, -0.2) is 14.2 Å². The van der Waals surface area contributed by atoms with E-state index >= 15 is 0 Å². The van der Waals surface area contributed by atoms with E-state index in [4.69, 9.17) is 9.47 Å². The van der Waals surface area contributed by atoms with Gasteiger partial charge in [0.15, 0.2) is 0 Å². The summed E-state index contributed by atoms with van der Waals surface area (Å²) in [6, 6.07) is 12.4. The molecule has 0 unspecified atom stereocenters. The van der Waals surface area contributed by atoms with E-state index in [0.29, 0.717) is 6.54 Å². The third-order valence-electron chi connectivity index (χ3n) is 3.46. The van der Waals surface area contributed by atoms with Crippen LogP contribution in [0, 0.1) is 5.82 Å². The fourth-order valence-corrected chi connectivity index (χ4v) is 2.13. The number of methoxy groups -OCH3 is 2. The number of hydrogen-bond acceptors (Lipinski definition) is 3. The average molecular weight is 289 g/mol. The highest BCUT2D eigenvalue weighted by atomic mass is 19.1. The van der Waals surface area contributed by atoms with Gasteiger partial charge < -0.3 is 14.8 Å². The lowest BCUT2D eigenvalue weighted by atomic mass is 10.1. The van der Waals surface area contributed by atoms with Crippen LogP contribution in [0.4, 0.5) is 4.39 Å². The van der Waals surface area contributed by atoms with Crippen LogP contribution < -0.4 is 14.8 Å². The lowest BCUT2D eigenvalue weighted by Crippen LogP contribution is -2.18. The van der Waals surface area contributed by atoms with Crippen LogP contribution >= 0.6 is 0 Å². The summed E-state index contributed by atoms with van der Waals surface area (Å²) in [5.41, 5.74) is 2.09. The van der Waals surface area contributed by atoms with Crippen LogP contribution in [0.3, 0.4) is 0 Å². The van der Waals surface area contributed by atoms with Gasteiger partial charge in [-0.15, -0.1) is 0 Å². The summed E-state index contributed by atoms with van der Waals surface area (Å²) in [6.45, 7) is 2.70. The minimum Gasteiger partial charge on any atom is -0.497 e. The summed E-state index contributed by atoms with van der Waals surface area (Å²) in [7, 11) is 3.27. The van der Waals surface area contributed by atoms with Gasteiger partial charge in [0, 0.05) is 24.2 Å². The summed E-state index contributed by atoms with van der Waals surface area (Å²) in [6.07, 6.45) is 0. The van der Waals surface area contributed by atoms with E-state index in [1.54, 1.807) is 26.4 Å². The van der Waals surface area contributed by atoms with E-state index in [9.17, 15) is 4.39 Å². The second-order valence-electron chi connectivity index (χ2n) is 4.83. The lowest BCUT2D eigenvalue weighted by Gasteiger charge is -2.16. The predicted octanol–water partition coefficient (Wildman–Crippen LogP) is 3.69. The number of benzene rings is 2. The SMILES string of the molecule is COc1ccc(CN[C@@H](C)c2ccc(F)cc2)c(OC)c1. The molecule has 0 aliphatic heterocycles. The molecule has 0 aliphatic carbocycles. The van der Waals surface area contributed by atoms with Crippen LogP contribution in [0.1, 0.15) is 24.1 Å². The Hall–Kier alpha value is -2.07. The molecule has 0 radical (unpaired) electrons. The number of ether oxygens (including phenoxy) is 2. The van der Waals surface area contributed by atoms with Crippen LogP contribution in [0.5, 0.6) is 11.5 Å². The molecule has 0 spiro atoms. The maximum absolute atomic E-state index is 12.9. The Morgan fingerprint density at radius 2 is 1.76 bits per heavy atom. The average Bonchev–Trinajstić information content (AvgIpc) is 2.53. The van der Waals surface area contributed by atoms with E-state index in [1.807, 2.05) is 25.1 Å². The molecule has 4 heteroatoms. The molecule has 1 N–H and O–H groups in total. The summed E-state index contributed by atoms with van der Waals surface area (Å²) >= 11 is 0. The Bertz CT molecular complexity index is 584. The van der Waals surface area contributed by atoms with Gasteiger partial charge in [0.25, 0.3) is 0 Å². The smallest absolute Gasteiger partial charge is 0.127 e. The highest BCUT2D eigenvalue weighted by Gasteiger charge is 2.08. The molecule has 21 heavy (non-hydrogen) atoms. The molecule has 1 atom stereocenters. The molecule has 0 saturated heterocycles. The van der Waals surface area contributed by atoms with E-state index in [-0.39, 0.29) is 11.9 Å². The normalized spacial score (nSPS) is 12.0. The standard InChI is InChI=1S/C17H20FNO2/c1-12(13-4-7-15(18)8-5-13)19-11-14-6-9-16(20-2)10-17(14)21-3/h4-10,12,19H,11H2,1-3H3/t12-/m0/s1. The Kier molecular flexibility index (Phi) is 5.17. The molecule has 0 heterocycles. The molecule has 2 aromatic rings. The van der Waals surface area contributed by atoms with Crippen molar-refractivity contribution in [3.05, 3.63) is 59.4 Å². The Morgan fingerprint density at radius 3 is 2.38 bits per heavy atom. The number of halogens is 1. The molecular weight excluding hydrogens is 269 g/mol. The third kappa shape index (κ3) is 3.95. The van der Waals surface area contributed by atoms with Crippen LogP contribution in [0.2, 0.25) is 0 Å². The van der Waals surface area contributed by atoms with Crippen molar-refractivity contribution in [2.75, 3.05) is 14.2 Å². The summed E-state index contributed by atoms with van der Waals surface area (Å²) in [5.74, 6) is 1.33. The first kappa shape index (κ1) is 15.3. The van der Waals surface area contributed by atoms with E-state index in [2.05, 4.69) is 5.32 Å². The first-order chi connectivity index (χ1) is 10.1. The molecule has 0 amide bonds. The summed E-state index contributed by atoms with van der Waals surface area (Å²) < 4.78 is 23.5. The predicted molar refractivity (Wildman–Crippen MR) is 81.2 cm³/mol. The first-order valence-corrected chi connectivity index (χ1v) is 6.83. The maximum Gasteiger partial charge on any atom is 0.127 e. The maximum atomic E-state index is 12.9. The van der Waals surface area contributed by atoms with Crippen molar-refractivity contribution in [3.8, 4) is 11.5 Å². The van der Waals surface area contributed by atoms with Crippen molar-refractivity contribution < 1.29 is 13.9 Å². The van der Waals surface area contributed by atoms with Gasteiger partial charge in [-0.3, -0.25) is 0 Å². The van der Waals surface area contributed by atoms with Gasteiger partial charge >= 0.3 is 0 Å². The van der Waals surface area contributed by atoms with Crippen LogP contribution in [0.25, 0.3) is 0 Å². The van der Waals surface area contributed by atoms with E-state index in [1.165, 1.54) is 12.1 Å². The highest BCUT2D eigenvalue weighted by molar-refractivity contribution is 5.40. The molecule has 0 fully saturated rings. The van der Waals surface area contributed by atoms with Crippen molar-refractivity contribution in [1.29, 1.82) is 0 Å². The second-order valence-corrected chi connectivity index (χ2v) is 4.83. The quantitative estimate of drug-likeness (QED) is 0.879. The Morgan fingerprint density at radius 1 is 1.05 bits per heavy atom. The Labute approximate surface area is 124 Å². The molecule has 0 saturated carbocycles. The van der Waals surface area contributed by atoms with E-state index in [0.717, 1.165) is 22.6 Å². The number of rotatable bonds is 6. The lowest BCUT2D eigenvalue weighted by molar-refractivity contribution is 0.389. The van der Waals surface area contributed by atoms with Crippen molar-refractivity contribution in [2.45, 2.75) is 19.5 Å². The van der Waals surface area contributed by atoms with Crippen LogP contribution in [0.15, 0.2) is 42.5 Å². The fourth-order valence-electron chi connectivity index (χ4n) is 2.13. The number of nitrogens with one attached hydrogen (secondary N) is 1. The van der Waals surface area contributed by atoms with Gasteiger partial charge in [-0.05, 0) is 30.7 Å². The van der Waals surface area contributed by atoms with Crippen molar-refractivity contribution in [3.63, 3.8) is 0 Å². The van der Waals surface area contributed by atoms with Gasteiger partial charge in [-0.25, -0.2) is 4.39 Å². The van der Waals surface area contributed by atoms with Crippen molar-refractivity contribution in [1.82, 2.24) is 5.32 Å². The van der Waals surface area contributed by atoms with Gasteiger partial charge in [0.2, 0.25) is 0 Å². The minimum atomic E-state index is -0.220. The van der Waals surface area contributed by atoms with Gasteiger partial charge in [0.05, 0.1) is 14.2 Å². The number of hydrogen-bond donors (Lipinski definition) is 1. The monoisotopic (exact) mass is 289 g/mol. The van der Waals surface area contributed by atoms with E-state index < -0.39 is 0 Å². The Balaban J connectivity index is 2.03. The molecule has 3 nitrogen and oxygen atoms in total. The second kappa shape index (κ2) is 7.09. The van der Waals surface area contributed by atoms with Gasteiger partial charge in [-0.2, -0.15) is 0 Å². The zero-order valence-corrected chi connectivity index (χ0v) is 12.5. The van der Waals surface area contributed by atoms with Crippen molar-refractivity contribution in [2.24, 2.45) is 0 Å². The van der Waals surface area contributed by atoms with Gasteiger partial charge in [-0.1, -0.05) is 18.2 Å². The molecule has 0 bridgehead atoms. The molecule has 0 aliphatic rings. The topological polar surface area (TPSA) is 30.5 Å². The first-order valence-electron chi connectivity index (χ1n) is 6.83. The molecule has 2 aromatic carbocycles. The summed E-state index contributed by atoms with van der Waals surface area (Å²) in [4.78, 5) is 0. The largest absolute Gasteiger partial charge is 0.497 e. The third-order valence-corrected chi connectivity index (χ3v) is 3.46. The zero-order chi connectivity index (χ0) is 15.2. The molecular formula is C17H20FNO2. The molecule has 2 rings (SSSR count).